The maximum Gasteiger partial charge on any atom is 0.332 e. The third-order valence-electron chi connectivity index (χ3n) is 2.95. The summed E-state index contributed by atoms with van der Waals surface area (Å²) in [6.07, 6.45) is 0.962. The third kappa shape index (κ3) is 2.62. The third-order valence-corrected chi connectivity index (χ3v) is 2.95. The maximum absolute atomic E-state index is 13.9. The molecule has 0 unspecified atom stereocenters. The molecular formula is C13H11F2NO3. The maximum atomic E-state index is 13.9. The van der Waals surface area contributed by atoms with Crippen molar-refractivity contribution >= 4 is 17.6 Å². The first-order valence-corrected chi connectivity index (χ1v) is 5.72. The molecule has 1 aromatic rings. The molecule has 0 aliphatic heterocycles. The van der Waals surface area contributed by atoms with E-state index in [1.165, 1.54) is 12.1 Å². The van der Waals surface area contributed by atoms with Gasteiger partial charge in [0.25, 0.3) is 5.91 Å². The second kappa shape index (κ2) is 5.17. The largest absolute Gasteiger partial charge is 0.478 e. The Hall–Kier alpha value is -2.24. The van der Waals surface area contributed by atoms with Crippen LogP contribution >= 0.6 is 0 Å². The van der Waals surface area contributed by atoms with Crippen molar-refractivity contribution in [2.24, 2.45) is 0 Å². The van der Waals surface area contributed by atoms with Crippen molar-refractivity contribution in [1.82, 2.24) is 0 Å². The summed E-state index contributed by atoms with van der Waals surface area (Å²) in [5.74, 6) is -2.93. The monoisotopic (exact) mass is 267 g/mol. The van der Waals surface area contributed by atoms with Crippen molar-refractivity contribution in [3.63, 3.8) is 0 Å². The number of nitrogens with zero attached hydrogens (tertiary/aromatic N) is 1. The van der Waals surface area contributed by atoms with Crippen LogP contribution in [0.5, 0.6) is 0 Å². The Morgan fingerprint density at radius 2 is 1.89 bits per heavy atom. The Kier molecular flexibility index (Phi) is 3.59. The summed E-state index contributed by atoms with van der Waals surface area (Å²) >= 11 is 0. The molecule has 0 bridgehead atoms. The summed E-state index contributed by atoms with van der Waals surface area (Å²) in [6.45, 7) is 0. The molecule has 0 fully saturated rings. The van der Waals surface area contributed by atoms with Crippen molar-refractivity contribution in [1.29, 1.82) is 0 Å². The Balaban J connectivity index is 2.29. The molecule has 2 rings (SSSR count). The fraction of sp³-hybridized carbons (Fsp3) is 0.231. The predicted molar refractivity (Wildman–Crippen MR) is 63.5 cm³/mol. The van der Waals surface area contributed by atoms with Crippen molar-refractivity contribution in [3.05, 3.63) is 41.2 Å². The second-order valence-corrected chi connectivity index (χ2v) is 4.18. The smallest absolute Gasteiger partial charge is 0.332 e. The highest BCUT2D eigenvalue weighted by molar-refractivity contribution is 6.09. The van der Waals surface area contributed by atoms with E-state index in [1.54, 1.807) is 0 Å². The van der Waals surface area contributed by atoms with E-state index in [2.05, 4.69) is 0 Å². The molecule has 0 aromatic heterocycles. The summed E-state index contributed by atoms with van der Waals surface area (Å²) < 4.78 is 26.8. The molecule has 0 saturated carbocycles. The Morgan fingerprint density at radius 3 is 2.53 bits per heavy atom. The lowest BCUT2D eigenvalue weighted by atomic mass is 10.1. The first kappa shape index (κ1) is 13.2. The zero-order valence-electron chi connectivity index (χ0n) is 9.90. The van der Waals surface area contributed by atoms with E-state index in [4.69, 9.17) is 5.11 Å². The van der Waals surface area contributed by atoms with Gasteiger partial charge in [0.05, 0.1) is 5.69 Å². The zero-order valence-corrected chi connectivity index (χ0v) is 9.90. The lowest BCUT2D eigenvalue weighted by Crippen LogP contribution is -2.24. The van der Waals surface area contributed by atoms with Crippen LogP contribution in [0.15, 0.2) is 35.4 Å². The minimum absolute atomic E-state index is 0.0562. The van der Waals surface area contributed by atoms with Crippen LogP contribution in [0.4, 0.5) is 14.6 Å². The zero-order chi connectivity index (χ0) is 14.0. The van der Waals surface area contributed by atoms with Crippen LogP contribution in [0.1, 0.15) is 19.3 Å². The number of aliphatic carboxylic acids is 1. The fourth-order valence-corrected chi connectivity index (χ4v) is 2.05. The normalized spacial score (nSPS) is 14.6. The van der Waals surface area contributed by atoms with Crippen molar-refractivity contribution in [2.75, 3.05) is 5.12 Å². The molecule has 6 heteroatoms. The van der Waals surface area contributed by atoms with Gasteiger partial charge in [0.2, 0.25) is 0 Å². The van der Waals surface area contributed by atoms with Gasteiger partial charge in [0.1, 0.15) is 5.82 Å². The number of amides is 1. The van der Waals surface area contributed by atoms with Gasteiger partial charge in [-0.25, -0.2) is 9.18 Å². The van der Waals surface area contributed by atoms with Gasteiger partial charge in [-0.3, -0.25) is 4.79 Å². The van der Waals surface area contributed by atoms with Crippen molar-refractivity contribution < 1.29 is 23.6 Å². The topological polar surface area (TPSA) is 57.6 Å². The molecule has 0 radical (unpaired) electrons. The standard InChI is InChI=1S/C13H11F2NO3/c14-8-3-1-4-9(7-8)16(15)12(17)10-5-2-6-11(10)13(18)19/h1,3-4,7H,2,5-6H2,(H,18,19). The molecular weight excluding hydrogens is 256 g/mol. The minimum atomic E-state index is -1.21. The number of carboxylic acid groups (broad SMARTS) is 1. The summed E-state index contributed by atoms with van der Waals surface area (Å²) in [5.41, 5.74) is -0.377. The lowest BCUT2D eigenvalue weighted by molar-refractivity contribution is -0.133. The first-order chi connectivity index (χ1) is 9.00. The van der Waals surface area contributed by atoms with Crippen LogP contribution in [0.3, 0.4) is 0 Å². The van der Waals surface area contributed by atoms with Gasteiger partial charge in [0.15, 0.2) is 0 Å². The molecule has 100 valence electrons. The minimum Gasteiger partial charge on any atom is -0.478 e. The quantitative estimate of drug-likeness (QED) is 0.856. The van der Waals surface area contributed by atoms with Crippen molar-refractivity contribution in [2.45, 2.75) is 19.3 Å². The highest BCUT2D eigenvalue weighted by Gasteiger charge is 2.29. The van der Waals surface area contributed by atoms with Gasteiger partial charge >= 0.3 is 5.97 Å². The molecule has 1 amide bonds. The van der Waals surface area contributed by atoms with Gasteiger partial charge in [0, 0.05) is 17.2 Å². The number of hydrogen-bond donors (Lipinski definition) is 1. The second-order valence-electron chi connectivity index (χ2n) is 4.18. The van der Waals surface area contributed by atoms with E-state index in [0.29, 0.717) is 6.42 Å². The molecule has 0 saturated heterocycles. The number of benzene rings is 1. The summed E-state index contributed by atoms with van der Waals surface area (Å²) in [7, 11) is 0. The molecule has 0 atom stereocenters. The highest BCUT2D eigenvalue weighted by Crippen LogP contribution is 2.29. The van der Waals surface area contributed by atoms with Crippen LogP contribution in [-0.2, 0) is 9.59 Å². The van der Waals surface area contributed by atoms with Gasteiger partial charge < -0.3 is 5.11 Å². The Bertz CT molecular complexity index is 569. The number of halogens is 2. The number of carbonyl (C=O) groups is 2. The Labute approximate surface area is 107 Å². The Morgan fingerprint density at radius 1 is 1.21 bits per heavy atom. The average molecular weight is 267 g/mol. The summed E-state index contributed by atoms with van der Waals surface area (Å²) in [6, 6.07) is 4.50. The van der Waals surface area contributed by atoms with E-state index in [-0.39, 0.29) is 34.8 Å². The number of carbonyl (C=O) groups excluding carboxylic acids is 1. The highest BCUT2D eigenvalue weighted by atomic mass is 19.2. The summed E-state index contributed by atoms with van der Waals surface area (Å²) in [4.78, 5) is 22.8. The van der Waals surface area contributed by atoms with E-state index >= 15 is 0 Å². The number of anilines is 1. The van der Waals surface area contributed by atoms with Gasteiger partial charge in [-0.15, -0.1) is 5.12 Å². The molecule has 1 aliphatic carbocycles. The van der Waals surface area contributed by atoms with Crippen LogP contribution in [-0.4, -0.2) is 17.0 Å². The molecule has 0 heterocycles. The van der Waals surface area contributed by atoms with Gasteiger partial charge in [-0.05, 0) is 31.4 Å². The van der Waals surface area contributed by atoms with E-state index in [0.717, 1.165) is 12.1 Å². The molecule has 4 nitrogen and oxygen atoms in total. The van der Waals surface area contributed by atoms with Crippen molar-refractivity contribution in [3.8, 4) is 0 Å². The predicted octanol–water partition coefficient (Wildman–Crippen LogP) is 2.61. The SMILES string of the molecule is O=C(O)C1=C(C(=O)N(F)c2cccc(F)c2)CCC1. The van der Waals surface area contributed by atoms with Crippen LogP contribution in [0.2, 0.25) is 0 Å². The molecule has 19 heavy (non-hydrogen) atoms. The molecule has 1 aromatic carbocycles. The van der Waals surface area contributed by atoms with E-state index < -0.39 is 17.7 Å². The summed E-state index contributed by atoms with van der Waals surface area (Å²) in [5, 5.41) is 8.70. The van der Waals surface area contributed by atoms with Gasteiger partial charge in [-0.1, -0.05) is 10.5 Å². The molecule has 0 spiro atoms. The van der Waals surface area contributed by atoms with E-state index in [9.17, 15) is 18.5 Å². The fourth-order valence-electron chi connectivity index (χ4n) is 2.05. The van der Waals surface area contributed by atoms with Gasteiger partial charge in [-0.2, -0.15) is 0 Å². The molecule has 1 aliphatic rings. The lowest BCUT2D eigenvalue weighted by Gasteiger charge is -2.13. The average Bonchev–Trinajstić information content (AvgIpc) is 2.86. The number of carboxylic acids is 1. The van der Waals surface area contributed by atoms with Crippen LogP contribution < -0.4 is 5.12 Å². The molecule has 1 N–H and O–H groups in total. The van der Waals surface area contributed by atoms with Crippen LogP contribution in [0.25, 0.3) is 0 Å². The first-order valence-electron chi connectivity index (χ1n) is 5.72. The van der Waals surface area contributed by atoms with Crippen LogP contribution in [0, 0.1) is 5.82 Å². The number of rotatable bonds is 3. The van der Waals surface area contributed by atoms with E-state index in [1.807, 2.05) is 0 Å². The number of hydrogen-bond acceptors (Lipinski definition) is 2.